The van der Waals surface area contributed by atoms with E-state index >= 15 is 0 Å². The van der Waals surface area contributed by atoms with Crippen molar-refractivity contribution < 1.29 is 9.59 Å². The second-order valence-corrected chi connectivity index (χ2v) is 7.81. The number of aromatic nitrogens is 3. The Morgan fingerprint density at radius 2 is 1.96 bits per heavy atom. The molecule has 1 unspecified atom stereocenters. The van der Waals surface area contributed by atoms with Gasteiger partial charge in [-0.05, 0) is 37.4 Å². The molecule has 25 heavy (non-hydrogen) atoms. The minimum atomic E-state index is -0.327. The highest BCUT2D eigenvalue weighted by Crippen LogP contribution is 2.28. The van der Waals surface area contributed by atoms with Gasteiger partial charge in [-0.15, -0.1) is 0 Å². The minimum Gasteiger partial charge on any atom is -0.341 e. The molecule has 0 aromatic carbocycles. The van der Waals surface area contributed by atoms with Gasteiger partial charge in [0.15, 0.2) is 4.77 Å². The standard InChI is InChI=1S/C17H27N5O2S/c1-11(2)14(22-8-4-5-13(22)23)16(24)21-9-6-12(7-10-21)15-18-19-17(25)20(15)3/h11-12,14H,4-10H2,1-3H3,(H,19,25). The van der Waals surface area contributed by atoms with Crippen molar-refractivity contribution in [3.05, 3.63) is 10.6 Å². The van der Waals surface area contributed by atoms with Gasteiger partial charge in [0.2, 0.25) is 11.8 Å². The van der Waals surface area contributed by atoms with Crippen LogP contribution in [0.5, 0.6) is 0 Å². The van der Waals surface area contributed by atoms with Crippen LogP contribution in [-0.4, -0.2) is 62.1 Å². The molecule has 2 aliphatic heterocycles. The van der Waals surface area contributed by atoms with Crippen LogP contribution in [0.15, 0.2) is 0 Å². The number of piperidine rings is 1. The maximum Gasteiger partial charge on any atom is 0.245 e. The molecule has 0 saturated carbocycles. The summed E-state index contributed by atoms with van der Waals surface area (Å²) in [5.74, 6) is 1.61. The molecule has 2 saturated heterocycles. The lowest BCUT2D eigenvalue weighted by atomic mass is 9.94. The van der Waals surface area contributed by atoms with Crippen molar-refractivity contribution in [2.45, 2.75) is 51.5 Å². The summed E-state index contributed by atoms with van der Waals surface area (Å²) in [6, 6.07) is -0.327. The van der Waals surface area contributed by atoms with Crippen LogP contribution in [0.25, 0.3) is 0 Å². The molecule has 3 heterocycles. The van der Waals surface area contributed by atoms with E-state index in [1.807, 2.05) is 30.4 Å². The molecule has 2 aliphatic rings. The largest absolute Gasteiger partial charge is 0.341 e. The van der Waals surface area contributed by atoms with Crippen molar-refractivity contribution in [1.82, 2.24) is 24.6 Å². The maximum absolute atomic E-state index is 13.1. The van der Waals surface area contributed by atoms with Crippen LogP contribution in [0.2, 0.25) is 0 Å². The Hall–Kier alpha value is -1.70. The predicted octanol–water partition coefficient (Wildman–Crippen LogP) is 1.83. The normalized spacial score (nSPS) is 20.6. The average Bonchev–Trinajstić information content (AvgIpc) is 3.14. The topological polar surface area (TPSA) is 74.2 Å². The van der Waals surface area contributed by atoms with Crippen LogP contribution in [0, 0.1) is 10.7 Å². The summed E-state index contributed by atoms with van der Waals surface area (Å²) in [5, 5.41) is 7.17. The molecule has 1 atom stereocenters. The van der Waals surface area contributed by atoms with Crippen molar-refractivity contribution >= 4 is 24.0 Å². The molecule has 138 valence electrons. The highest BCUT2D eigenvalue weighted by atomic mass is 32.1. The van der Waals surface area contributed by atoms with Gasteiger partial charge < -0.3 is 14.4 Å². The van der Waals surface area contributed by atoms with Crippen LogP contribution >= 0.6 is 12.2 Å². The molecule has 3 rings (SSSR count). The third-order valence-corrected chi connectivity index (χ3v) is 5.78. The number of carbonyl (C=O) groups excluding carboxylic acids is 2. The van der Waals surface area contributed by atoms with E-state index in [0.717, 1.165) is 25.1 Å². The molecule has 0 aliphatic carbocycles. The van der Waals surface area contributed by atoms with E-state index < -0.39 is 0 Å². The van der Waals surface area contributed by atoms with Crippen molar-refractivity contribution in [2.75, 3.05) is 19.6 Å². The zero-order chi connectivity index (χ0) is 18.1. The number of amides is 2. The Kier molecular flexibility index (Phi) is 5.27. The molecule has 8 heteroatoms. The summed E-state index contributed by atoms with van der Waals surface area (Å²) in [7, 11) is 1.92. The molecule has 1 aromatic heterocycles. The smallest absolute Gasteiger partial charge is 0.245 e. The van der Waals surface area contributed by atoms with E-state index in [-0.39, 0.29) is 23.8 Å². The van der Waals surface area contributed by atoms with Crippen molar-refractivity contribution in [2.24, 2.45) is 13.0 Å². The second kappa shape index (κ2) is 7.27. The quantitative estimate of drug-likeness (QED) is 0.826. The Bertz CT molecular complexity index is 702. The fourth-order valence-corrected chi connectivity index (χ4v) is 4.15. The Morgan fingerprint density at radius 3 is 2.44 bits per heavy atom. The van der Waals surface area contributed by atoms with Crippen LogP contribution < -0.4 is 0 Å². The maximum atomic E-state index is 13.1. The van der Waals surface area contributed by atoms with Crippen molar-refractivity contribution in [3.63, 3.8) is 0 Å². The lowest BCUT2D eigenvalue weighted by Crippen LogP contribution is -2.53. The van der Waals surface area contributed by atoms with E-state index in [0.29, 0.717) is 36.7 Å². The Morgan fingerprint density at radius 1 is 1.28 bits per heavy atom. The van der Waals surface area contributed by atoms with Crippen LogP contribution in [0.3, 0.4) is 0 Å². The molecule has 1 aromatic rings. The van der Waals surface area contributed by atoms with Crippen molar-refractivity contribution in [3.8, 4) is 0 Å². The number of aromatic amines is 1. The lowest BCUT2D eigenvalue weighted by molar-refractivity contribution is -0.146. The summed E-state index contributed by atoms with van der Waals surface area (Å²) in [4.78, 5) is 28.9. The number of H-pyrrole nitrogens is 1. The van der Waals surface area contributed by atoms with Crippen molar-refractivity contribution in [1.29, 1.82) is 0 Å². The third-order valence-electron chi connectivity index (χ3n) is 5.42. The molecular formula is C17H27N5O2S. The summed E-state index contributed by atoms with van der Waals surface area (Å²) < 4.78 is 2.54. The molecule has 2 amide bonds. The van der Waals surface area contributed by atoms with Gasteiger partial charge in [0.1, 0.15) is 11.9 Å². The van der Waals surface area contributed by atoms with E-state index in [9.17, 15) is 9.59 Å². The van der Waals surface area contributed by atoms with Gasteiger partial charge >= 0.3 is 0 Å². The van der Waals surface area contributed by atoms with Gasteiger partial charge in [0.25, 0.3) is 0 Å². The molecule has 1 N–H and O–H groups in total. The third kappa shape index (κ3) is 3.49. The average molecular weight is 366 g/mol. The van der Waals surface area contributed by atoms with E-state index in [1.54, 1.807) is 4.90 Å². The number of hydrogen-bond acceptors (Lipinski definition) is 4. The summed E-state index contributed by atoms with van der Waals surface area (Å²) >= 11 is 5.19. The second-order valence-electron chi connectivity index (χ2n) is 7.43. The van der Waals surface area contributed by atoms with Gasteiger partial charge in [0, 0.05) is 39.0 Å². The fourth-order valence-electron chi connectivity index (χ4n) is 4.01. The minimum absolute atomic E-state index is 0.0964. The highest BCUT2D eigenvalue weighted by molar-refractivity contribution is 7.71. The van der Waals surface area contributed by atoms with Gasteiger partial charge in [-0.2, -0.15) is 5.10 Å². The summed E-state index contributed by atoms with van der Waals surface area (Å²) in [6.07, 6.45) is 3.17. The lowest BCUT2D eigenvalue weighted by Gasteiger charge is -2.38. The number of carbonyl (C=O) groups is 2. The van der Waals surface area contributed by atoms with E-state index in [1.165, 1.54) is 0 Å². The highest BCUT2D eigenvalue weighted by Gasteiger charge is 2.38. The first-order chi connectivity index (χ1) is 11.9. The van der Waals surface area contributed by atoms with Gasteiger partial charge in [-0.1, -0.05) is 13.8 Å². The first-order valence-corrected chi connectivity index (χ1v) is 9.50. The first-order valence-electron chi connectivity index (χ1n) is 9.09. The molecule has 0 spiro atoms. The number of rotatable bonds is 4. The predicted molar refractivity (Wildman–Crippen MR) is 96.5 cm³/mol. The molecule has 0 bridgehead atoms. The molecule has 7 nitrogen and oxygen atoms in total. The van der Waals surface area contributed by atoms with Gasteiger partial charge in [0.05, 0.1) is 0 Å². The van der Waals surface area contributed by atoms with Gasteiger partial charge in [-0.25, -0.2) is 0 Å². The summed E-state index contributed by atoms with van der Waals surface area (Å²) in [6.45, 7) is 6.16. The number of nitrogens with one attached hydrogen (secondary N) is 1. The Balaban J connectivity index is 1.66. The first kappa shape index (κ1) is 18.1. The van der Waals surface area contributed by atoms with Crippen LogP contribution in [0.4, 0.5) is 0 Å². The zero-order valence-electron chi connectivity index (χ0n) is 15.2. The van der Waals surface area contributed by atoms with Gasteiger partial charge in [-0.3, -0.25) is 14.7 Å². The number of nitrogens with zero attached hydrogens (tertiary/aromatic N) is 4. The zero-order valence-corrected chi connectivity index (χ0v) is 16.0. The SMILES string of the molecule is CC(C)C(C(=O)N1CCC(c2n[nH]c(=S)n2C)CC1)N1CCCC1=O. The number of likely N-dealkylation sites (tertiary alicyclic amines) is 2. The molecule has 2 fully saturated rings. The summed E-state index contributed by atoms with van der Waals surface area (Å²) in [5.41, 5.74) is 0. The fraction of sp³-hybridized carbons (Fsp3) is 0.765. The van der Waals surface area contributed by atoms with Crippen LogP contribution in [0.1, 0.15) is 51.3 Å². The monoisotopic (exact) mass is 365 g/mol. The Labute approximate surface area is 153 Å². The number of hydrogen-bond donors (Lipinski definition) is 1. The van der Waals surface area contributed by atoms with Crippen LogP contribution in [-0.2, 0) is 16.6 Å². The van der Waals surface area contributed by atoms with E-state index in [2.05, 4.69) is 10.2 Å². The molecular weight excluding hydrogens is 338 g/mol. The molecule has 0 radical (unpaired) electrons. The van der Waals surface area contributed by atoms with E-state index in [4.69, 9.17) is 12.2 Å².